The fraction of sp³-hybridized carbons (Fsp3) is 0.280. The lowest BCUT2D eigenvalue weighted by Crippen LogP contribution is -2.33. The van der Waals surface area contributed by atoms with E-state index in [-0.39, 0.29) is 12.2 Å². The Morgan fingerprint density at radius 1 is 0.882 bits per heavy atom. The van der Waals surface area contributed by atoms with Gasteiger partial charge in [-0.3, -0.25) is 9.59 Å². The summed E-state index contributed by atoms with van der Waals surface area (Å²) in [6, 6.07) is 13.7. The summed E-state index contributed by atoms with van der Waals surface area (Å²) in [6.07, 6.45) is 1.61. The Hall–Kier alpha value is -3.72. The molecule has 1 aliphatic rings. The second-order valence-electron chi connectivity index (χ2n) is 7.65. The van der Waals surface area contributed by atoms with Crippen LogP contribution in [0.25, 0.3) is 10.6 Å². The Kier molecular flexibility index (Phi) is 7.22. The Balaban J connectivity index is 1.55. The Labute approximate surface area is 201 Å². The lowest BCUT2D eigenvalue weighted by molar-refractivity contribution is -0.139. The van der Waals surface area contributed by atoms with E-state index in [0.717, 1.165) is 33.2 Å². The molecule has 9 heteroatoms. The van der Waals surface area contributed by atoms with Crippen LogP contribution in [0.4, 0.5) is 10.5 Å². The summed E-state index contributed by atoms with van der Waals surface area (Å²) in [4.78, 5) is 44.9. The van der Waals surface area contributed by atoms with Crippen LogP contribution >= 0.6 is 11.3 Å². The molecule has 2 heterocycles. The summed E-state index contributed by atoms with van der Waals surface area (Å²) in [5, 5.41) is 2.56. The second-order valence-corrected chi connectivity index (χ2v) is 8.51. The lowest BCUT2D eigenvalue weighted by atomic mass is 10.2. The highest BCUT2D eigenvalue weighted by Crippen LogP contribution is 2.34. The van der Waals surface area contributed by atoms with Crippen LogP contribution in [-0.2, 0) is 16.1 Å². The number of anilines is 1. The van der Waals surface area contributed by atoms with Gasteiger partial charge in [0.2, 0.25) is 0 Å². The fourth-order valence-electron chi connectivity index (χ4n) is 3.42. The van der Waals surface area contributed by atoms with E-state index >= 15 is 0 Å². The number of carbonyl (C=O) groups excluding carboxylic acids is 3. The van der Waals surface area contributed by atoms with Crippen molar-refractivity contribution >= 4 is 34.9 Å². The third kappa shape index (κ3) is 4.79. The summed E-state index contributed by atoms with van der Waals surface area (Å²) in [5.74, 6) is -0.850. The van der Waals surface area contributed by atoms with Gasteiger partial charge in [0.1, 0.15) is 5.01 Å². The standard InChI is InChI=1S/C25H25N3O5S/c1-3-12-32-20-11-10-19(14-21(20)33-13-4-2)28-24(30)23(29)27(25(28)31)15-18-16-34-22(26-18)17-8-6-5-7-9-17/h5-11,14,16H,3-4,12-13,15H2,1-2H3. The molecule has 4 amide bonds. The van der Waals surface area contributed by atoms with E-state index in [4.69, 9.17) is 9.47 Å². The molecule has 1 saturated heterocycles. The van der Waals surface area contributed by atoms with E-state index in [2.05, 4.69) is 4.98 Å². The molecule has 2 aromatic carbocycles. The summed E-state index contributed by atoms with van der Waals surface area (Å²) in [5.41, 5.74) is 1.74. The number of ether oxygens (including phenoxy) is 2. The lowest BCUT2D eigenvalue weighted by Gasteiger charge is -2.18. The monoisotopic (exact) mass is 479 g/mol. The van der Waals surface area contributed by atoms with Gasteiger partial charge in [0, 0.05) is 17.0 Å². The first-order valence-corrected chi connectivity index (χ1v) is 12.0. The zero-order valence-electron chi connectivity index (χ0n) is 19.0. The molecule has 0 aliphatic carbocycles. The second kappa shape index (κ2) is 10.5. The molecule has 0 bridgehead atoms. The molecule has 0 unspecified atom stereocenters. The first kappa shape index (κ1) is 23.4. The number of nitrogens with zero attached hydrogens (tertiary/aromatic N) is 3. The number of hydrogen-bond acceptors (Lipinski definition) is 7. The van der Waals surface area contributed by atoms with Gasteiger partial charge in [0.15, 0.2) is 11.5 Å². The maximum Gasteiger partial charge on any atom is 0.339 e. The van der Waals surface area contributed by atoms with Crippen LogP contribution in [0.5, 0.6) is 11.5 Å². The first-order chi connectivity index (χ1) is 16.5. The smallest absolute Gasteiger partial charge is 0.339 e. The zero-order valence-corrected chi connectivity index (χ0v) is 19.8. The van der Waals surface area contributed by atoms with Crippen LogP contribution < -0.4 is 14.4 Å². The van der Waals surface area contributed by atoms with Gasteiger partial charge in [0.25, 0.3) is 0 Å². The van der Waals surface area contributed by atoms with Crippen LogP contribution in [0.2, 0.25) is 0 Å². The Bertz CT molecular complexity index is 1190. The van der Waals surface area contributed by atoms with E-state index in [1.54, 1.807) is 23.6 Å². The van der Waals surface area contributed by atoms with Crippen LogP contribution in [0.15, 0.2) is 53.9 Å². The number of thiazole rings is 1. The van der Waals surface area contributed by atoms with Gasteiger partial charge in [-0.25, -0.2) is 19.6 Å². The first-order valence-electron chi connectivity index (χ1n) is 11.1. The molecular weight excluding hydrogens is 454 g/mol. The van der Waals surface area contributed by atoms with E-state index in [0.29, 0.717) is 30.4 Å². The summed E-state index contributed by atoms with van der Waals surface area (Å²) >= 11 is 1.41. The van der Waals surface area contributed by atoms with Crippen molar-refractivity contribution in [3.8, 4) is 22.1 Å². The van der Waals surface area contributed by atoms with Gasteiger partial charge in [-0.15, -0.1) is 11.3 Å². The average Bonchev–Trinajstić information content (AvgIpc) is 3.41. The maximum atomic E-state index is 13.1. The van der Waals surface area contributed by atoms with E-state index in [1.165, 1.54) is 11.3 Å². The highest BCUT2D eigenvalue weighted by atomic mass is 32.1. The number of urea groups is 1. The summed E-state index contributed by atoms with van der Waals surface area (Å²) < 4.78 is 11.5. The molecule has 0 spiro atoms. The summed E-state index contributed by atoms with van der Waals surface area (Å²) in [6.45, 7) is 4.84. The minimum atomic E-state index is -0.910. The minimum Gasteiger partial charge on any atom is -0.490 e. The number of rotatable bonds is 10. The zero-order chi connectivity index (χ0) is 24.1. The third-order valence-electron chi connectivity index (χ3n) is 5.05. The van der Waals surface area contributed by atoms with E-state index in [9.17, 15) is 14.4 Å². The molecule has 1 fully saturated rings. The van der Waals surface area contributed by atoms with Crippen molar-refractivity contribution < 1.29 is 23.9 Å². The number of carbonyl (C=O) groups is 3. The Morgan fingerprint density at radius 2 is 1.59 bits per heavy atom. The van der Waals surface area contributed by atoms with Crippen molar-refractivity contribution in [3.63, 3.8) is 0 Å². The summed E-state index contributed by atoms with van der Waals surface area (Å²) in [7, 11) is 0. The number of amides is 4. The Morgan fingerprint density at radius 3 is 2.29 bits per heavy atom. The van der Waals surface area contributed by atoms with Gasteiger partial charge in [-0.2, -0.15) is 0 Å². The predicted molar refractivity (Wildman–Crippen MR) is 129 cm³/mol. The molecule has 34 heavy (non-hydrogen) atoms. The molecule has 0 radical (unpaired) electrons. The molecule has 0 atom stereocenters. The van der Waals surface area contributed by atoms with Crippen molar-refractivity contribution in [1.29, 1.82) is 0 Å². The van der Waals surface area contributed by atoms with Crippen LogP contribution in [0, 0.1) is 0 Å². The number of aromatic nitrogens is 1. The fourth-order valence-corrected chi connectivity index (χ4v) is 4.24. The normalized spacial score (nSPS) is 13.6. The maximum absolute atomic E-state index is 13.1. The van der Waals surface area contributed by atoms with Crippen molar-refractivity contribution in [2.75, 3.05) is 18.1 Å². The largest absolute Gasteiger partial charge is 0.490 e. The molecule has 8 nitrogen and oxygen atoms in total. The predicted octanol–water partition coefficient (Wildman–Crippen LogP) is 4.88. The van der Waals surface area contributed by atoms with Crippen molar-refractivity contribution in [3.05, 3.63) is 59.6 Å². The quantitative estimate of drug-likeness (QED) is 0.304. The molecule has 4 rings (SSSR count). The highest BCUT2D eigenvalue weighted by Gasteiger charge is 2.45. The SMILES string of the molecule is CCCOc1ccc(N2C(=O)C(=O)N(Cc3csc(-c4ccccc4)n3)C2=O)cc1OCCC. The van der Waals surface area contributed by atoms with Gasteiger partial charge in [-0.05, 0) is 25.0 Å². The molecule has 3 aromatic rings. The van der Waals surface area contributed by atoms with E-state index in [1.807, 2.05) is 44.2 Å². The number of imide groups is 2. The molecule has 176 valence electrons. The van der Waals surface area contributed by atoms with Gasteiger partial charge in [0.05, 0.1) is 31.1 Å². The third-order valence-corrected chi connectivity index (χ3v) is 6.00. The molecule has 0 N–H and O–H groups in total. The van der Waals surface area contributed by atoms with Gasteiger partial charge < -0.3 is 9.47 Å². The number of hydrogen-bond donors (Lipinski definition) is 0. The topological polar surface area (TPSA) is 89.0 Å². The van der Waals surface area contributed by atoms with Gasteiger partial charge in [-0.1, -0.05) is 44.2 Å². The molecular formula is C25H25N3O5S. The molecule has 1 aromatic heterocycles. The number of benzene rings is 2. The highest BCUT2D eigenvalue weighted by molar-refractivity contribution is 7.13. The van der Waals surface area contributed by atoms with Crippen LogP contribution in [0.3, 0.4) is 0 Å². The minimum absolute atomic E-state index is 0.0832. The van der Waals surface area contributed by atoms with E-state index < -0.39 is 17.8 Å². The van der Waals surface area contributed by atoms with Crippen LogP contribution in [-0.4, -0.2) is 40.9 Å². The van der Waals surface area contributed by atoms with Crippen molar-refractivity contribution in [2.45, 2.75) is 33.2 Å². The van der Waals surface area contributed by atoms with Crippen LogP contribution in [0.1, 0.15) is 32.4 Å². The van der Waals surface area contributed by atoms with Gasteiger partial charge >= 0.3 is 17.8 Å². The molecule has 1 aliphatic heterocycles. The van der Waals surface area contributed by atoms with Crippen molar-refractivity contribution in [2.24, 2.45) is 0 Å². The molecule has 0 saturated carbocycles. The van der Waals surface area contributed by atoms with Crippen molar-refractivity contribution in [1.82, 2.24) is 9.88 Å². The average molecular weight is 480 g/mol.